The smallest absolute Gasteiger partial charge is 0.129 e. The number of anilines is 1. The number of rotatable bonds is 3. The molecule has 0 saturated heterocycles. The van der Waals surface area contributed by atoms with Gasteiger partial charge in [-0.25, -0.2) is 4.98 Å². The van der Waals surface area contributed by atoms with Crippen LogP contribution in [-0.4, -0.2) is 4.98 Å². The summed E-state index contributed by atoms with van der Waals surface area (Å²) in [7, 11) is 0. The van der Waals surface area contributed by atoms with Crippen LogP contribution in [0.1, 0.15) is 33.8 Å². The maximum absolute atomic E-state index is 4.43. The van der Waals surface area contributed by atoms with E-state index in [9.17, 15) is 0 Å². The van der Waals surface area contributed by atoms with E-state index in [1.54, 1.807) is 0 Å². The largest absolute Gasteiger partial charge is 0.363 e. The Morgan fingerprint density at radius 3 is 2.56 bits per heavy atom. The first kappa shape index (κ1) is 13.6. The summed E-state index contributed by atoms with van der Waals surface area (Å²) in [6.45, 7) is 8.57. The van der Waals surface area contributed by atoms with Gasteiger partial charge in [0.1, 0.15) is 5.82 Å². The van der Waals surface area contributed by atoms with Crippen molar-refractivity contribution >= 4 is 33.1 Å². The third kappa shape index (κ3) is 2.93. The summed E-state index contributed by atoms with van der Waals surface area (Å²) in [5.74, 6) is 0.953. The molecular weight excluding hydrogens is 308 g/mol. The van der Waals surface area contributed by atoms with E-state index in [0.717, 1.165) is 15.9 Å². The molecule has 0 aliphatic carbocycles. The lowest BCUT2D eigenvalue weighted by molar-refractivity contribution is 0.868. The van der Waals surface area contributed by atoms with Crippen LogP contribution in [0, 0.1) is 20.8 Å². The average Bonchev–Trinajstić information content (AvgIpc) is 2.62. The van der Waals surface area contributed by atoms with Crippen LogP contribution >= 0.6 is 27.3 Å². The molecule has 0 spiro atoms. The van der Waals surface area contributed by atoms with Crippen molar-refractivity contribution in [3.8, 4) is 0 Å². The molecule has 2 aromatic heterocycles. The Hall–Kier alpha value is -0.870. The van der Waals surface area contributed by atoms with Gasteiger partial charge < -0.3 is 5.32 Å². The van der Waals surface area contributed by atoms with E-state index in [1.807, 2.05) is 17.5 Å². The van der Waals surface area contributed by atoms with Gasteiger partial charge >= 0.3 is 0 Å². The Bertz CT molecular complexity index is 563. The molecule has 0 aromatic carbocycles. The molecule has 0 fully saturated rings. The van der Waals surface area contributed by atoms with Crippen LogP contribution in [0.5, 0.6) is 0 Å². The van der Waals surface area contributed by atoms with Crippen LogP contribution in [0.3, 0.4) is 0 Å². The first-order valence-corrected chi connectivity index (χ1v) is 7.54. The van der Waals surface area contributed by atoms with Crippen LogP contribution in [-0.2, 0) is 0 Å². The van der Waals surface area contributed by atoms with E-state index in [0.29, 0.717) is 0 Å². The van der Waals surface area contributed by atoms with E-state index in [1.165, 1.54) is 15.3 Å². The molecule has 2 heterocycles. The van der Waals surface area contributed by atoms with Crippen molar-refractivity contribution in [3.63, 3.8) is 0 Å². The summed E-state index contributed by atoms with van der Waals surface area (Å²) < 4.78 is 1.01. The Kier molecular flexibility index (Phi) is 4.07. The van der Waals surface area contributed by atoms with Crippen molar-refractivity contribution in [1.82, 2.24) is 4.98 Å². The van der Waals surface area contributed by atoms with Gasteiger partial charge in [0.05, 0.1) is 6.04 Å². The number of pyridine rings is 1. The molecule has 2 aromatic rings. The quantitative estimate of drug-likeness (QED) is 0.858. The Morgan fingerprint density at radius 2 is 2.00 bits per heavy atom. The average molecular weight is 325 g/mol. The Morgan fingerprint density at radius 1 is 1.28 bits per heavy atom. The fourth-order valence-electron chi connectivity index (χ4n) is 2.05. The molecule has 1 atom stereocenters. The van der Waals surface area contributed by atoms with Crippen LogP contribution in [0.15, 0.2) is 22.8 Å². The fourth-order valence-corrected chi connectivity index (χ4v) is 3.52. The van der Waals surface area contributed by atoms with Gasteiger partial charge in [-0.2, -0.15) is 0 Å². The van der Waals surface area contributed by atoms with Crippen molar-refractivity contribution in [3.05, 3.63) is 43.7 Å². The highest BCUT2D eigenvalue weighted by molar-refractivity contribution is 9.10. The third-order valence-corrected chi connectivity index (χ3v) is 4.36. The summed E-state index contributed by atoms with van der Waals surface area (Å²) in [6.07, 6.45) is 1.83. The Labute approximate surface area is 121 Å². The molecule has 1 N–H and O–H groups in total. The number of thiophene rings is 1. The fraction of sp³-hybridized carbons (Fsp3) is 0.357. The normalized spacial score (nSPS) is 12.5. The van der Waals surface area contributed by atoms with Crippen LogP contribution in [0.4, 0.5) is 5.82 Å². The minimum Gasteiger partial charge on any atom is -0.363 e. The zero-order chi connectivity index (χ0) is 13.3. The second kappa shape index (κ2) is 5.41. The van der Waals surface area contributed by atoms with Crippen LogP contribution in [0.2, 0.25) is 0 Å². The molecule has 96 valence electrons. The lowest BCUT2D eigenvalue weighted by Gasteiger charge is -2.16. The van der Waals surface area contributed by atoms with Crippen LogP contribution in [0.25, 0.3) is 0 Å². The van der Waals surface area contributed by atoms with E-state index in [4.69, 9.17) is 0 Å². The SMILES string of the molecule is Cc1cc(C(C)Nc2ncc(Br)cc2C)c(C)s1. The molecular formula is C14H17BrN2S. The molecule has 4 heteroatoms. The highest BCUT2D eigenvalue weighted by Gasteiger charge is 2.12. The van der Waals surface area contributed by atoms with E-state index < -0.39 is 0 Å². The highest BCUT2D eigenvalue weighted by atomic mass is 79.9. The highest BCUT2D eigenvalue weighted by Crippen LogP contribution is 2.29. The number of nitrogens with one attached hydrogen (secondary N) is 1. The summed E-state index contributed by atoms with van der Waals surface area (Å²) >= 11 is 5.28. The number of hydrogen-bond acceptors (Lipinski definition) is 3. The van der Waals surface area contributed by atoms with Crippen molar-refractivity contribution in [2.45, 2.75) is 33.7 Å². The van der Waals surface area contributed by atoms with E-state index in [2.05, 4.69) is 66.1 Å². The summed E-state index contributed by atoms with van der Waals surface area (Å²) in [5.41, 5.74) is 2.52. The predicted octanol–water partition coefficient (Wildman–Crippen LogP) is 5.00. The van der Waals surface area contributed by atoms with Gasteiger partial charge in [-0.05, 0) is 66.9 Å². The minimum absolute atomic E-state index is 0.280. The first-order chi connectivity index (χ1) is 8.47. The van der Waals surface area contributed by atoms with Gasteiger partial charge in [0.25, 0.3) is 0 Å². The Balaban J connectivity index is 2.21. The second-order valence-electron chi connectivity index (χ2n) is 4.55. The van der Waals surface area contributed by atoms with Crippen molar-refractivity contribution in [2.75, 3.05) is 5.32 Å². The maximum Gasteiger partial charge on any atom is 0.129 e. The van der Waals surface area contributed by atoms with Crippen molar-refractivity contribution in [2.24, 2.45) is 0 Å². The number of nitrogens with zero attached hydrogens (tertiary/aromatic N) is 1. The van der Waals surface area contributed by atoms with Crippen LogP contribution < -0.4 is 5.32 Å². The molecule has 0 bridgehead atoms. The standard InChI is InChI=1S/C14H17BrN2S/c1-8-5-12(15)7-16-14(8)17-10(3)13-6-9(2)18-11(13)4/h5-7,10H,1-4H3,(H,16,17). The van der Waals surface area contributed by atoms with E-state index in [-0.39, 0.29) is 6.04 Å². The zero-order valence-electron chi connectivity index (χ0n) is 11.0. The molecule has 0 aliphatic heterocycles. The van der Waals surface area contributed by atoms with Gasteiger partial charge in [-0.1, -0.05) is 0 Å². The number of hydrogen-bond donors (Lipinski definition) is 1. The first-order valence-electron chi connectivity index (χ1n) is 5.93. The summed E-state index contributed by atoms with van der Waals surface area (Å²) in [5, 5.41) is 3.48. The number of aryl methyl sites for hydroxylation is 3. The van der Waals surface area contributed by atoms with Crippen molar-refractivity contribution < 1.29 is 0 Å². The molecule has 18 heavy (non-hydrogen) atoms. The van der Waals surface area contributed by atoms with Crippen molar-refractivity contribution in [1.29, 1.82) is 0 Å². The third-order valence-electron chi connectivity index (χ3n) is 2.94. The molecule has 0 saturated carbocycles. The second-order valence-corrected chi connectivity index (χ2v) is 6.93. The monoisotopic (exact) mass is 324 g/mol. The molecule has 0 amide bonds. The number of halogens is 1. The summed E-state index contributed by atoms with van der Waals surface area (Å²) in [6, 6.07) is 4.61. The van der Waals surface area contributed by atoms with E-state index >= 15 is 0 Å². The van der Waals surface area contributed by atoms with Gasteiger partial charge in [-0.15, -0.1) is 11.3 Å². The molecule has 2 nitrogen and oxygen atoms in total. The van der Waals surface area contributed by atoms with Gasteiger partial charge in [0, 0.05) is 20.4 Å². The molecule has 1 unspecified atom stereocenters. The zero-order valence-corrected chi connectivity index (χ0v) is 13.4. The minimum atomic E-state index is 0.280. The predicted molar refractivity (Wildman–Crippen MR) is 82.5 cm³/mol. The van der Waals surface area contributed by atoms with Gasteiger partial charge in [0.2, 0.25) is 0 Å². The lowest BCUT2D eigenvalue weighted by atomic mass is 10.1. The lowest BCUT2D eigenvalue weighted by Crippen LogP contribution is -2.09. The molecule has 2 rings (SSSR count). The maximum atomic E-state index is 4.43. The van der Waals surface area contributed by atoms with Gasteiger partial charge in [0.15, 0.2) is 0 Å². The summed E-state index contributed by atoms with van der Waals surface area (Å²) in [4.78, 5) is 7.16. The van der Waals surface area contributed by atoms with Gasteiger partial charge in [-0.3, -0.25) is 0 Å². The molecule has 0 radical (unpaired) electrons. The number of aromatic nitrogens is 1. The topological polar surface area (TPSA) is 24.9 Å². The molecule has 0 aliphatic rings.